The van der Waals surface area contributed by atoms with E-state index in [1.165, 1.54) is 0 Å². The fourth-order valence-corrected chi connectivity index (χ4v) is 1.99. The van der Waals surface area contributed by atoms with Gasteiger partial charge >= 0.3 is 0 Å². The van der Waals surface area contributed by atoms with E-state index in [9.17, 15) is 4.79 Å². The molecule has 0 saturated carbocycles. The molecule has 104 valence electrons. The van der Waals surface area contributed by atoms with Crippen molar-refractivity contribution in [2.24, 2.45) is 0 Å². The maximum atomic E-state index is 11.8. The smallest absolute Gasteiger partial charge is 0.224 e. The fraction of sp³-hybridized carbons (Fsp3) is 0.188. The summed E-state index contributed by atoms with van der Waals surface area (Å²) < 4.78 is 0. The van der Waals surface area contributed by atoms with Gasteiger partial charge in [0.05, 0.1) is 0 Å². The van der Waals surface area contributed by atoms with Gasteiger partial charge in [-0.3, -0.25) is 4.79 Å². The van der Waals surface area contributed by atoms with E-state index in [1.807, 2.05) is 25.1 Å². The average molecular weight is 289 g/mol. The van der Waals surface area contributed by atoms with Crippen LogP contribution in [0.3, 0.4) is 0 Å². The Kier molecular flexibility index (Phi) is 4.64. The molecule has 0 aromatic heterocycles. The molecule has 2 aromatic rings. The first-order chi connectivity index (χ1) is 9.54. The Hall–Kier alpha value is -2.00. The van der Waals surface area contributed by atoms with E-state index in [2.05, 4.69) is 5.32 Å². The molecular weight excluding hydrogens is 272 g/mol. The first kappa shape index (κ1) is 14.4. The molecule has 20 heavy (non-hydrogen) atoms. The van der Waals surface area contributed by atoms with Gasteiger partial charge in [0.1, 0.15) is 0 Å². The van der Waals surface area contributed by atoms with Gasteiger partial charge in [-0.05, 0) is 54.8 Å². The summed E-state index contributed by atoms with van der Waals surface area (Å²) in [5, 5.41) is 3.49. The van der Waals surface area contributed by atoms with E-state index in [4.69, 9.17) is 17.3 Å². The van der Waals surface area contributed by atoms with Gasteiger partial charge < -0.3 is 11.1 Å². The summed E-state index contributed by atoms with van der Waals surface area (Å²) in [6.07, 6.45) is 1.09. The second-order valence-electron chi connectivity index (χ2n) is 4.75. The van der Waals surface area contributed by atoms with Crippen LogP contribution >= 0.6 is 11.6 Å². The van der Waals surface area contributed by atoms with Gasteiger partial charge in [0.2, 0.25) is 5.91 Å². The first-order valence-corrected chi connectivity index (χ1v) is 6.83. The normalized spacial score (nSPS) is 10.3. The van der Waals surface area contributed by atoms with Crippen LogP contribution in [0.15, 0.2) is 42.5 Å². The lowest BCUT2D eigenvalue weighted by molar-refractivity contribution is -0.116. The molecule has 3 N–H and O–H groups in total. The molecule has 0 radical (unpaired) electrons. The third-order valence-electron chi connectivity index (χ3n) is 3.11. The number of amides is 1. The molecule has 0 fully saturated rings. The monoisotopic (exact) mass is 288 g/mol. The number of anilines is 2. The Morgan fingerprint density at radius 1 is 1.20 bits per heavy atom. The highest BCUT2D eigenvalue weighted by Gasteiger charge is 2.04. The van der Waals surface area contributed by atoms with Crippen molar-refractivity contribution < 1.29 is 4.79 Å². The van der Waals surface area contributed by atoms with Crippen LogP contribution in [0.1, 0.15) is 17.5 Å². The summed E-state index contributed by atoms with van der Waals surface area (Å²) in [5.74, 6) is -0.0218. The fourth-order valence-electron chi connectivity index (χ4n) is 1.86. The molecule has 0 saturated heterocycles. The highest BCUT2D eigenvalue weighted by molar-refractivity contribution is 6.30. The van der Waals surface area contributed by atoms with Gasteiger partial charge in [0, 0.05) is 22.8 Å². The Bertz CT molecular complexity index is 608. The molecule has 0 atom stereocenters. The average Bonchev–Trinajstić information content (AvgIpc) is 2.43. The number of benzene rings is 2. The van der Waals surface area contributed by atoms with Gasteiger partial charge in [0.25, 0.3) is 0 Å². The molecule has 3 nitrogen and oxygen atoms in total. The summed E-state index contributed by atoms with van der Waals surface area (Å²) in [5.41, 5.74) is 9.49. The number of hydrogen-bond donors (Lipinski definition) is 2. The molecule has 0 heterocycles. The molecule has 0 bridgehead atoms. The van der Waals surface area contributed by atoms with Gasteiger partial charge in [-0.15, -0.1) is 0 Å². The number of nitrogens with one attached hydrogen (secondary N) is 1. The minimum Gasteiger partial charge on any atom is -0.399 e. The van der Waals surface area contributed by atoms with Crippen LogP contribution in [-0.4, -0.2) is 5.91 Å². The van der Waals surface area contributed by atoms with Crippen molar-refractivity contribution in [3.8, 4) is 0 Å². The van der Waals surface area contributed by atoms with E-state index >= 15 is 0 Å². The minimum atomic E-state index is -0.0218. The molecule has 2 rings (SSSR count). The predicted molar refractivity (Wildman–Crippen MR) is 84.0 cm³/mol. The lowest BCUT2D eigenvalue weighted by Gasteiger charge is -2.07. The van der Waals surface area contributed by atoms with E-state index < -0.39 is 0 Å². The minimum absolute atomic E-state index is 0.0218. The molecule has 0 unspecified atom stereocenters. The largest absolute Gasteiger partial charge is 0.399 e. The van der Waals surface area contributed by atoms with Gasteiger partial charge in [0.15, 0.2) is 0 Å². The van der Waals surface area contributed by atoms with Crippen LogP contribution in [0.25, 0.3) is 0 Å². The number of halogens is 1. The third kappa shape index (κ3) is 4.00. The predicted octanol–water partition coefficient (Wildman–Crippen LogP) is 3.80. The van der Waals surface area contributed by atoms with E-state index in [0.29, 0.717) is 17.9 Å². The number of nitrogen functional groups attached to an aromatic ring is 1. The summed E-state index contributed by atoms with van der Waals surface area (Å²) in [6, 6.07) is 13.0. The van der Waals surface area contributed by atoms with Crippen LogP contribution in [0.2, 0.25) is 5.02 Å². The number of hydrogen-bond acceptors (Lipinski definition) is 2. The van der Waals surface area contributed by atoms with Gasteiger partial charge in [-0.2, -0.15) is 0 Å². The molecule has 0 spiro atoms. The van der Waals surface area contributed by atoms with Crippen LogP contribution in [-0.2, 0) is 11.2 Å². The number of aryl methyl sites for hydroxylation is 2. The van der Waals surface area contributed by atoms with E-state index in [1.54, 1.807) is 24.3 Å². The van der Waals surface area contributed by atoms with Crippen molar-refractivity contribution in [3.63, 3.8) is 0 Å². The number of rotatable bonds is 4. The quantitative estimate of drug-likeness (QED) is 0.841. The van der Waals surface area contributed by atoms with Crippen molar-refractivity contribution in [3.05, 3.63) is 58.6 Å². The zero-order chi connectivity index (χ0) is 14.5. The second kappa shape index (κ2) is 6.44. The number of nitrogens with two attached hydrogens (primary N) is 1. The van der Waals surface area contributed by atoms with Crippen molar-refractivity contribution >= 4 is 28.9 Å². The molecule has 0 aliphatic rings. The Balaban J connectivity index is 1.88. The van der Waals surface area contributed by atoms with Crippen LogP contribution in [0, 0.1) is 6.92 Å². The third-order valence-corrected chi connectivity index (χ3v) is 3.36. The lowest BCUT2D eigenvalue weighted by Crippen LogP contribution is -2.12. The van der Waals surface area contributed by atoms with Crippen LogP contribution in [0.5, 0.6) is 0 Å². The Morgan fingerprint density at radius 3 is 2.55 bits per heavy atom. The molecular formula is C16H17ClN2O. The SMILES string of the molecule is Cc1ccc(CCC(=O)Nc2ccc(Cl)cc2)cc1N. The Labute approximate surface area is 123 Å². The van der Waals surface area contributed by atoms with Crippen molar-refractivity contribution in [1.82, 2.24) is 0 Å². The van der Waals surface area contributed by atoms with Crippen LogP contribution < -0.4 is 11.1 Å². The number of carbonyl (C=O) groups is 1. The van der Waals surface area contributed by atoms with Crippen LogP contribution in [0.4, 0.5) is 11.4 Å². The molecule has 0 aliphatic carbocycles. The Morgan fingerprint density at radius 2 is 1.90 bits per heavy atom. The topological polar surface area (TPSA) is 55.1 Å². The second-order valence-corrected chi connectivity index (χ2v) is 5.18. The summed E-state index contributed by atoms with van der Waals surface area (Å²) >= 11 is 5.79. The first-order valence-electron chi connectivity index (χ1n) is 6.45. The molecule has 2 aromatic carbocycles. The molecule has 0 aliphatic heterocycles. The van der Waals surface area contributed by atoms with Crippen molar-refractivity contribution in [1.29, 1.82) is 0 Å². The zero-order valence-electron chi connectivity index (χ0n) is 11.3. The van der Waals surface area contributed by atoms with E-state index in [0.717, 1.165) is 22.5 Å². The summed E-state index contributed by atoms with van der Waals surface area (Å²) in [7, 11) is 0. The maximum absolute atomic E-state index is 11.8. The standard InChI is InChI=1S/C16H17ClN2O/c1-11-2-3-12(10-15(11)18)4-9-16(20)19-14-7-5-13(17)6-8-14/h2-3,5-8,10H,4,9,18H2,1H3,(H,19,20). The van der Waals surface area contributed by atoms with Gasteiger partial charge in [-0.1, -0.05) is 23.7 Å². The molecule has 1 amide bonds. The zero-order valence-corrected chi connectivity index (χ0v) is 12.1. The van der Waals surface area contributed by atoms with Crippen molar-refractivity contribution in [2.75, 3.05) is 11.1 Å². The summed E-state index contributed by atoms with van der Waals surface area (Å²) in [4.78, 5) is 11.8. The highest BCUT2D eigenvalue weighted by atomic mass is 35.5. The van der Waals surface area contributed by atoms with Crippen molar-refractivity contribution in [2.45, 2.75) is 19.8 Å². The lowest BCUT2D eigenvalue weighted by atomic mass is 10.1. The molecule has 4 heteroatoms. The van der Waals surface area contributed by atoms with E-state index in [-0.39, 0.29) is 5.91 Å². The highest BCUT2D eigenvalue weighted by Crippen LogP contribution is 2.16. The summed E-state index contributed by atoms with van der Waals surface area (Å²) in [6.45, 7) is 1.96. The van der Waals surface area contributed by atoms with Gasteiger partial charge in [-0.25, -0.2) is 0 Å². The maximum Gasteiger partial charge on any atom is 0.224 e. The number of carbonyl (C=O) groups excluding carboxylic acids is 1.